The summed E-state index contributed by atoms with van der Waals surface area (Å²) in [5.74, 6) is 2.22. The highest BCUT2D eigenvalue weighted by molar-refractivity contribution is 5.79. The van der Waals surface area contributed by atoms with E-state index in [4.69, 9.17) is 10.7 Å². The van der Waals surface area contributed by atoms with E-state index in [0.29, 0.717) is 28.9 Å². The number of guanidine groups is 1. The molecule has 6 aliphatic carbocycles. The van der Waals surface area contributed by atoms with Crippen molar-refractivity contribution in [3.63, 3.8) is 0 Å². The van der Waals surface area contributed by atoms with Gasteiger partial charge in [0.2, 0.25) is 0 Å². The Morgan fingerprint density at radius 2 is 1.50 bits per heavy atom. The van der Waals surface area contributed by atoms with Crippen molar-refractivity contribution in [3.05, 3.63) is 22.3 Å². The van der Waals surface area contributed by atoms with Crippen LogP contribution in [-0.2, 0) is 0 Å². The van der Waals surface area contributed by atoms with Crippen molar-refractivity contribution in [1.82, 2.24) is 5.32 Å². The lowest BCUT2D eigenvalue weighted by Crippen LogP contribution is -2.53. The van der Waals surface area contributed by atoms with Crippen molar-refractivity contribution >= 4 is 5.96 Å². The van der Waals surface area contributed by atoms with E-state index in [1.807, 2.05) is 0 Å². The van der Waals surface area contributed by atoms with Gasteiger partial charge in [-0.3, -0.25) is 0 Å². The van der Waals surface area contributed by atoms with Crippen LogP contribution in [0.3, 0.4) is 0 Å². The second-order valence-corrected chi connectivity index (χ2v) is 9.77. The molecule has 0 radical (unpaired) electrons. The number of hydrogen-bond acceptors (Lipinski definition) is 1. The Morgan fingerprint density at radius 1 is 0.958 bits per heavy atom. The van der Waals surface area contributed by atoms with Crippen LogP contribution in [0.4, 0.5) is 0 Å². The van der Waals surface area contributed by atoms with Gasteiger partial charge in [0.1, 0.15) is 0 Å². The highest BCUT2D eigenvalue weighted by Gasteiger charge is 2.50. The summed E-state index contributed by atoms with van der Waals surface area (Å²) in [6.07, 6.45) is 4.92. The third-order valence-electron chi connectivity index (χ3n) is 8.12. The summed E-state index contributed by atoms with van der Waals surface area (Å²) in [5, 5.41) is 3.53. The van der Waals surface area contributed by atoms with Gasteiger partial charge in [-0.2, -0.15) is 0 Å². The van der Waals surface area contributed by atoms with E-state index in [1.165, 1.54) is 30.4 Å². The molecule has 2 saturated carbocycles. The number of fused-ring (bicyclic) bond motifs is 4. The molecular weight excluding hydrogens is 294 g/mol. The van der Waals surface area contributed by atoms with Crippen LogP contribution in [0.1, 0.15) is 67.2 Å². The van der Waals surface area contributed by atoms with Crippen LogP contribution in [0.2, 0.25) is 0 Å². The van der Waals surface area contributed by atoms with Crippen LogP contribution in [0, 0.1) is 22.7 Å². The van der Waals surface area contributed by atoms with Crippen molar-refractivity contribution in [2.45, 2.75) is 79.3 Å². The standard InChI is InChI=1S/C21H33N3/c1-11-15-7-13(20(15,3)4)9-17(11)23-19(22)24-18-10-14-8-16(12(18)2)21(14,5)6/h13-14,17-18H,7-10H2,1-6H3,(H3,22,23,24). The first kappa shape index (κ1) is 16.2. The minimum Gasteiger partial charge on any atom is -0.370 e. The van der Waals surface area contributed by atoms with Crippen molar-refractivity contribution in [3.8, 4) is 0 Å². The lowest BCUT2D eigenvalue weighted by molar-refractivity contribution is 0.120. The average Bonchev–Trinajstić information content (AvgIpc) is 2.50. The third-order valence-corrected chi connectivity index (χ3v) is 8.12. The van der Waals surface area contributed by atoms with Crippen LogP contribution in [-0.4, -0.2) is 18.0 Å². The summed E-state index contributed by atoms with van der Waals surface area (Å²) >= 11 is 0. The number of nitrogens with one attached hydrogen (secondary N) is 1. The quantitative estimate of drug-likeness (QED) is 0.454. The summed E-state index contributed by atoms with van der Waals surface area (Å²) in [4.78, 5) is 4.87. The van der Waals surface area contributed by atoms with Gasteiger partial charge >= 0.3 is 0 Å². The highest BCUT2D eigenvalue weighted by Crippen LogP contribution is 2.59. The van der Waals surface area contributed by atoms with Crippen LogP contribution in [0.5, 0.6) is 0 Å². The molecule has 2 fully saturated rings. The Bertz CT molecular complexity index is 677. The summed E-state index contributed by atoms with van der Waals surface area (Å²) in [6, 6.07) is 0.680. The molecule has 0 aromatic rings. The van der Waals surface area contributed by atoms with E-state index in [9.17, 15) is 0 Å². The minimum absolute atomic E-state index is 0.293. The second-order valence-electron chi connectivity index (χ2n) is 9.77. The first-order valence-electron chi connectivity index (χ1n) is 9.62. The molecule has 6 aliphatic rings. The number of nitrogens with two attached hydrogens (primary N) is 1. The Labute approximate surface area is 146 Å². The molecule has 24 heavy (non-hydrogen) atoms. The van der Waals surface area contributed by atoms with E-state index in [2.05, 4.69) is 46.9 Å². The van der Waals surface area contributed by atoms with E-state index >= 15 is 0 Å². The molecule has 3 heteroatoms. The highest BCUT2D eigenvalue weighted by atomic mass is 15.1. The number of nitrogens with zero attached hydrogens (tertiary/aromatic N) is 1. The SMILES string of the molecule is CC1=C2CC(CC1N=C(N)NC1CC3CC(=C1C)C3(C)C)C2(C)C. The Hall–Kier alpha value is -1.25. The van der Waals surface area contributed by atoms with E-state index in [0.717, 1.165) is 18.3 Å². The van der Waals surface area contributed by atoms with Crippen LogP contribution in [0.25, 0.3) is 0 Å². The molecule has 132 valence electrons. The predicted molar refractivity (Wildman–Crippen MR) is 101 cm³/mol. The van der Waals surface area contributed by atoms with Gasteiger partial charge in [-0.05, 0) is 67.8 Å². The fraction of sp³-hybridized carbons (Fsp3) is 0.762. The summed E-state index contributed by atoms with van der Waals surface area (Å²) < 4.78 is 0. The molecule has 3 N–H and O–H groups in total. The maximum absolute atomic E-state index is 6.31. The van der Waals surface area contributed by atoms with Crippen LogP contribution < -0.4 is 11.1 Å². The molecule has 6 rings (SSSR count). The topological polar surface area (TPSA) is 50.4 Å². The number of aliphatic imine (C=N–C) groups is 1. The van der Waals surface area contributed by atoms with Gasteiger partial charge in [-0.25, -0.2) is 4.99 Å². The van der Waals surface area contributed by atoms with E-state index < -0.39 is 0 Å². The molecule has 4 atom stereocenters. The van der Waals surface area contributed by atoms with Gasteiger partial charge in [0.15, 0.2) is 5.96 Å². The van der Waals surface area contributed by atoms with E-state index in [1.54, 1.807) is 11.1 Å². The predicted octanol–water partition coefficient (Wildman–Crippen LogP) is 4.16. The average molecular weight is 328 g/mol. The maximum Gasteiger partial charge on any atom is 0.189 e. The number of rotatable bonds is 2. The van der Waals surface area contributed by atoms with Gasteiger partial charge in [-0.1, -0.05) is 44.4 Å². The monoisotopic (exact) mass is 327 g/mol. The molecule has 0 heterocycles. The maximum atomic E-state index is 6.31. The molecular formula is C21H33N3. The zero-order valence-corrected chi connectivity index (χ0v) is 16.2. The summed E-state index contributed by atoms with van der Waals surface area (Å²) in [5.41, 5.74) is 13.4. The molecule has 0 aromatic carbocycles. The molecule has 4 bridgehead atoms. The van der Waals surface area contributed by atoms with Gasteiger partial charge in [0, 0.05) is 0 Å². The molecule has 0 aromatic heterocycles. The smallest absolute Gasteiger partial charge is 0.189 e. The fourth-order valence-corrected chi connectivity index (χ4v) is 5.87. The Balaban J connectivity index is 1.49. The minimum atomic E-state index is 0.293. The van der Waals surface area contributed by atoms with Gasteiger partial charge in [0.25, 0.3) is 0 Å². The fourth-order valence-electron chi connectivity index (χ4n) is 5.87. The first-order valence-corrected chi connectivity index (χ1v) is 9.62. The first-order chi connectivity index (χ1) is 11.1. The van der Waals surface area contributed by atoms with Crippen LogP contribution in [0.15, 0.2) is 27.3 Å². The van der Waals surface area contributed by atoms with Crippen molar-refractivity contribution in [2.24, 2.45) is 33.4 Å². The second kappa shape index (κ2) is 4.89. The van der Waals surface area contributed by atoms with Gasteiger partial charge in [-0.15, -0.1) is 0 Å². The van der Waals surface area contributed by atoms with Gasteiger partial charge in [0.05, 0.1) is 12.1 Å². The summed E-state index contributed by atoms with van der Waals surface area (Å²) in [6.45, 7) is 14.1. The Morgan fingerprint density at radius 3 is 2.00 bits per heavy atom. The lowest BCUT2D eigenvalue weighted by atomic mass is 9.51. The van der Waals surface area contributed by atoms with Crippen molar-refractivity contribution < 1.29 is 0 Å². The number of allylic oxidation sites excluding steroid dienone is 2. The zero-order chi connectivity index (χ0) is 17.4. The number of hydrogen-bond donors (Lipinski definition) is 2. The summed E-state index contributed by atoms with van der Waals surface area (Å²) in [7, 11) is 0. The van der Waals surface area contributed by atoms with Crippen molar-refractivity contribution in [1.29, 1.82) is 0 Å². The van der Waals surface area contributed by atoms with Crippen molar-refractivity contribution in [2.75, 3.05) is 0 Å². The molecule has 3 nitrogen and oxygen atoms in total. The molecule has 0 aliphatic heterocycles. The lowest BCUT2D eigenvalue weighted by Gasteiger charge is -2.55. The molecule has 0 spiro atoms. The normalized spacial score (nSPS) is 39.3. The van der Waals surface area contributed by atoms with Gasteiger partial charge < -0.3 is 11.1 Å². The molecule has 0 amide bonds. The molecule has 0 saturated heterocycles. The third kappa shape index (κ3) is 2.06. The largest absolute Gasteiger partial charge is 0.370 e. The molecule has 4 unspecified atom stereocenters. The zero-order valence-electron chi connectivity index (χ0n) is 16.2. The Kier molecular flexibility index (Phi) is 3.31. The van der Waals surface area contributed by atoms with Crippen LogP contribution >= 0.6 is 0 Å². The van der Waals surface area contributed by atoms with E-state index in [-0.39, 0.29) is 0 Å².